The SMILES string of the molecule is [CH2-]CC.[CH2-]CC(OC)C(C)NC(=O)c1ccc(OCCCN(C)C)cc1.[Cr+2]. The summed E-state index contributed by atoms with van der Waals surface area (Å²) in [5, 5.41) is 2.93. The van der Waals surface area contributed by atoms with E-state index in [-0.39, 0.29) is 35.4 Å². The number of ether oxygens (including phenoxy) is 2. The van der Waals surface area contributed by atoms with E-state index in [9.17, 15) is 4.79 Å². The third-order valence-electron chi connectivity index (χ3n) is 3.64. The van der Waals surface area contributed by atoms with Crippen LogP contribution in [0.3, 0.4) is 0 Å². The van der Waals surface area contributed by atoms with Crippen LogP contribution in [0.1, 0.15) is 43.5 Å². The molecule has 2 unspecified atom stereocenters. The largest absolute Gasteiger partial charge is 2.00 e. The zero-order valence-electron chi connectivity index (χ0n) is 17.5. The third kappa shape index (κ3) is 12.9. The van der Waals surface area contributed by atoms with Crippen molar-refractivity contribution in [3.05, 3.63) is 43.7 Å². The molecule has 0 bridgehead atoms. The van der Waals surface area contributed by atoms with E-state index in [1.165, 1.54) is 0 Å². The fraction of sp³-hybridized carbons (Fsp3) is 0.571. The molecule has 1 N–H and O–H groups in total. The molecular formula is C21H36CrN2O3. The molecule has 0 fully saturated rings. The Kier molecular flexibility index (Phi) is 17.8. The minimum absolute atomic E-state index is 0. The average molecular weight is 417 g/mol. The molecule has 2 atom stereocenters. The minimum atomic E-state index is -0.118. The third-order valence-corrected chi connectivity index (χ3v) is 3.64. The minimum Gasteiger partial charge on any atom is -0.494 e. The maximum atomic E-state index is 12.2. The van der Waals surface area contributed by atoms with Gasteiger partial charge in [0.15, 0.2) is 0 Å². The maximum Gasteiger partial charge on any atom is 2.00 e. The first-order valence-corrected chi connectivity index (χ1v) is 9.19. The van der Waals surface area contributed by atoms with Gasteiger partial charge in [0, 0.05) is 25.3 Å². The summed E-state index contributed by atoms with van der Waals surface area (Å²) in [7, 11) is 5.70. The summed E-state index contributed by atoms with van der Waals surface area (Å²) in [6.07, 6.45) is 2.49. The molecule has 0 saturated carbocycles. The number of nitrogens with zero attached hydrogens (tertiary/aromatic N) is 1. The molecule has 0 aliphatic carbocycles. The topological polar surface area (TPSA) is 50.8 Å². The van der Waals surface area contributed by atoms with Crippen LogP contribution in [0.15, 0.2) is 24.3 Å². The predicted molar refractivity (Wildman–Crippen MR) is 108 cm³/mol. The van der Waals surface area contributed by atoms with Crippen molar-refractivity contribution < 1.29 is 31.6 Å². The van der Waals surface area contributed by atoms with Crippen molar-refractivity contribution in [3.63, 3.8) is 0 Å². The van der Waals surface area contributed by atoms with Gasteiger partial charge in [-0.2, -0.15) is 12.8 Å². The molecule has 0 heterocycles. The Balaban J connectivity index is 0. The number of methoxy groups -OCH3 is 1. The summed E-state index contributed by atoms with van der Waals surface area (Å²) >= 11 is 0. The zero-order chi connectivity index (χ0) is 19.9. The van der Waals surface area contributed by atoms with Crippen LogP contribution < -0.4 is 10.1 Å². The van der Waals surface area contributed by atoms with Crippen LogP contribution >= 0.6 is 0 Å². The van der Waals surface area contributed by atoms with Gasteiger partial charge in [0.05, 0.1) is 12.7 Å². The van der Waals surface area contributed by atoms with Gasteiger partial charge < -0.3 is 33.5 Å². The quantitative estimate of drug-likeness (QED) is 0.468. The Morgan fingerprint density at radius 2 is 1.78 bits per heavy atom. The second kappa shape index (κ2) is 17.1. The van der Waals surface area contributed by atoms with E-state index in [0.717, 1.165) is 25.1 Å². The van der Waals surface area contributed by atoms with Crippen LogP contribution in [0.2, 0.25) is 0 Å². The van der Waals surface area contributed by atoms with E-state index in [2.05, 4.69) is 24.1 Å². The summed E-state index contributed by atoms with van der Waals surface area (Å²) in [5.41, 5.74) is 0.608. The molecule has 0 aromatic heterocycles. The standard InChI is InChI=1S/C18H29N2O3.C3H7.Cr/c1-6-17(22-5)14(2)19-18(21)15-8-10-16(11-9-15)23-13-7-12-20(3)4;1-3-2;/h8-11,14,17H,1,6-7,12-13H2,2-5H3,(H,19,21);1,3H2,2H3;/q2*-1;+2. The molecule has 154 valence electrons. The molecule has 0 spiro atoms. The summed E-state index contributed by atoms with van der Waals surface area (Å²) in [6.45, 7) is 12.9. The van der Waals surface area contributed by atoms with Gasteiger partial charge >= 0.3 is 17.4 Å². The number of carbonyl (C=O) groups is 1. The number of rotatable bonds is 10. The van der Waals surface area contributed by atoms with Crippen molar-refractivity contribution in [3.8, 4) is 5.75 Å². The van der Waals surface area contributed by atoms with Crippen LogP contribution in [0.25, 0.3) is 0 Å². The maximum absolute atomic E-state index is 12.2. The Labute approximate surface area is 176 Å². The van der Waals surface area contributed by atoms with Gasteiger partial charge in [-0.1, -0.05) is 6.92 Å². The monoisotopic (exact) mass is 416 g/mol. The summed E-state index contributed by atoms with van der Waals surface area (Å²) in [4.78, 5) is 14.3. The van der Waals surface area contributed by atoms with Crippen LogP contribution in [-0.4, -0.2) is 57.3 Å². The molecule has 0 radical (unpaired) electrons. The van der Waals surface area contributed by atoms with Gasteiger partial charge in [-0.25, -0.2) is 0 Å². The summed E-state index contributed by atoms with van der Waals surface area (Å²) in [5.74, 6) is 0.660. The number of hydrogen-bond donors (Lipinski definition) is 1. The molecule has 27 heavy (non-hydrogen) atoms. The van der Waals surface area contributed by atoms with Gasteiger partial charge in [0.1, 0.15) is 5.75 Å². The molecule has 0 aliphatic rings. The van der Waals surface area contributed by atoms with Crippen molar-refractivity contribution in [2.45, 2.75) is 45.3 Å². The Morgan fingerprint density at radius 3 is 2.22 bits per heavy atom. The fourth-order valence-electron chi connectivity index (χ4n) is 2.23. The van der Waals surface area contributed by atoms with Crippen LogP contribution in [0.4, 0.5) is 0 Å². The van der Waals surface area contributed by atoms with Gasteiger partial charge in [0.2, 0.25) is 0 Å². The van der Waals surface area contributed by atoms with Crippen molar-refractivity contribution in [1.29, 1.82) is 0 Å². The molecular weight excluding hydrogens is 380 g/mol. The molecule has 5 nitrogen and oxygen atoms in total. The molecule has 1 amide bonds. The summed E-state index contributed by atoms with van der Waals surface area (Å²) < 4.78 is 10.9. The number of amides is 1. The van der Waals surface area contributed by atoms with E-state index in [1.54, 1.807) is 19.2 Å². The molecule has 1 aromatic rings. The van der Waals surface area contributed by atoms with Gasteiger partial charge in [-0.05, 0) is 51.7 Å². The van der Waals surface area contributed by atoms with Crippen molar-refractivity contribution in [2.24, 2.45) is 0 Å². The van der Waals surface area contributed by atoms with Gasteiger partial charge in [-0.15, -0.1) is 0 Å². The second-order valence-electron chi connectivity index (χ2n) is 6.35. The average Bonchev–Trinajstić information content (AvgIpc) is 2.60. The second-order valence-corrected chi connectivity index (χ2v) is 6.35. The molecule has 1 rings (SSSR count). The van der Waals surface area contributed by atoms with E-state index in [1.807, 2.05) is 40.1 Å². The fourth-order valence-corrected chi connectivity index (χ4v) is 2.23. The van der Waals surface area contributed by atoms with E-state index < -0.39 is 0 Å². The van der Waals surface area contributed by atoms with Crippen LogP contribution in [0, 0.1) is 13.8 Å². The molecule has 0 aliphatic heterocycles. The first-order chi connectivity index (χ1) is 12.4. The van der Waals surface area contributed by atoms with E-state index in [4.69, 9.17) is 9.47 Å². The first-order valence-electron chi connectivity index (χ1n) is 9.19. The predicted octanol–water partition coefficient (Wildman–Crippen LogP) is 3.60. The van der Waals surface area contributed by atoms with Crippen LogP contribution in [0.5, 0.6) is 5.75 Å². The molecule has 6 heteroatoms. The smallest absolute Gasteiger partial charge is 0.494 e. The van der Waals surface area contributed by atoms with Gasteiger partial charge in [0.25, 0.3) is 5.91 Å². The van der Waals surface area contributed by atoms with E-state index >= 15 is 0 Å². The van der Waals surface area contributed by atoms with Gasteiger partial charge in [-0.3, -0.25) is 4.79 Å². The molecule has 1 aromatic carbocycles. The van der Waals surface area contributed by atoms with Crippen molar-refractivity contribution >= 4 is 5.91 Å². The molecule has 0 saturated heterocycles. The summed E-state index contributed by atoms with van der Waals surface area (Å²) in [6, 6.07) is 7.10. The number of hydrogen-bond acceptors (Lipinski definition) is 4. The Bertz CT molecular complexity index is 477. The first kappa shape index (κ1) is 28.2. The van der Waals surface area contributed by atoms with Crippen LogP contribution in [-0.2, 0) is 22.1 Å². The van der Waals surface area contributed by atoms with Crippen molar-refractivity contribution in [2.75, 3.05) is 34.4 Å². The number of nitrogens with one attached hydrogen (secondary N) is 1. The van der Waals surface area contributed by atoms with E-state index in [0.29, 0.717) is 18.6 Å². The zero-order valence-corrected chi connectivity index (χ0v) is 18.8. The number of carbonyl (C=O) groups excluding carboxylic acids is 1. The number of benzene rings is 1. The van der Waals surface area contributed by atoms with Crippen molar-refractivity contribution in [1.82, 2.24) is 10.2 Å². The Morgan fingerprint density at radius 1 is 1.22 bits per heavy atom. The Hall–Kier alpha value is -1.06. The normalized spacial score (nSPS) is 12.3.